The molecule has 2 N–H and O–H groups in total. The second kappa shape index (κ2) is 6.03. The lowest BCUT2D eigenvalue weighted by Gasteiger charge is -2.04. The standard InChI is InChI=1S/C11H15NO3/c1-15-10-3-2-9(11(14)8-10)4-5-12-6-7-13/h2-3,5,8,13-14H,4,6-7H2,1H3. The minimum Gasteiger partial charge on any atom is -0.508 e. The second-order valence-corrected chi connectivity index (χ2v) is 3.01. The first-order valence-electron chi connectivity index (χ1n) is 4.73. The average molecular weight is 209 g/mol. The number of hydrogen-bond donors (Lipinski definition) is 2. The Kier molecular flexibility index (Phi) is 4.63. The van der Waals surface area contributed by atoms with E-state index < -0.39 is 0 Å². The van der Waals surface area contributed by atoms with E-state index in [0.717, 1.165) is 5.56 Å². The Morgan fingerprint density at radius 2 is 2.27 bits per heavy atom. The first-order chi connectivity index (χ1) is 7.27. The zero-order valence-electron chi connectivity index (χ0n) is 8.68. The van der Waals surface area contributed by atoms with Crippen LogP contribution >= 0.6 is 0 Å². The molecule has 1 rings (SSSR count). The fourth-order valence-corrected chi connectivity index (χ4v) is 1.16. The fraction of sp³-hybridized carbons (Fsp3) is 0.364. The molecule has 0 bridgehead atoms. The molecule has 4 heteroatoms. The number of aliphatic hydroxyl groups excluding tert-OH is 1. The summed E-state index contributed by atoms with van der Waals surface area (Å²) >= 11 is 0. The Balaban J connectivity index is 2.62. The molecule has 0 saturated heterocycles. The van der Waals surface area contributed by atoms with E-state index in [1.807, 2.05) is 0 Å². The van der Waals surface area contributed by atoms with Crippen molar-refractivity contribution in [3.8, 4) is 11.5 Å². The van der Waals surface area contributed by atoms with Crippen molar-refractivity contribution in [2.24, 2.45) is 4.99 Å². The minimum absolute atomic E-state index is 0.0467. The zero-order valence-corrected chi connectivity index (χ0v) is 8.68. The van der Waals surface area contributed by atoms with Crippen LogP contribution in [0.5, 0.6) is 11.5 Å². The van der Waals surface area contributed by atoms with Crippen molar-refractivity contribution in [3.05, 3.63) is 23.8 Å². The van der Waals surface area contributed by atoms with Gasteiger partial charge in [-0.25, -0.2) is 0 Å². The SMILES string of the molecule is COc1ccc(CC=NCCO)c(O)c1. The third kappa shape index (κ3) is 3.59. The Hall–Kier alpha value is -1.55. The van der Waals surface area contributed by atoms with Crippen LogP contribution in [0.25, 0.3) is 0 Å². The second-order valence-electron chi connectivity index (χ2n) is 3.01. The molecule has 0 radical (unpaired) electrons. The predicted octanol–water partition coefficient (Wildman–Crippen LogP) is 1.01. The van der Waals surface area contributed by atoms with Gasteiger partial charge in [-0.05, 0) is 11.6 Å². The van der Waals surface area contributed by atoms with E-state index in [1.54, 1.807) is 31.5 Å². The quantitative estimate of drug-likeness (QED) is 0.711. The number of phenolic OH excluding ortho intramolecular Hbond substituents is 1. The molecule has 82 valence electrons. The molecular formula is C11H15NO3. The minimum atomic E-state index is 0.0467. The summed E-state index contributed by atoms with van der Waals surface area (Å²) in [7, 11) is 1.55. The Morgan fingerprint density at radius 3 is 2.87 bits per heavy atom. The summed E-state index contributed by atoms with van der Waals surface area (Å²) in [6, 6.07) is 5.14. The van der Waals surface area contributed by atoms with Crippen molar-refractivity contribution in [1.82, 2.24) is 0 Å². The van der Waals surface area contributed by atoms with Gasteiger partial charge >= 0.3 is 0 Å². The van der Waals surface area contributed by atoms with Gasteiger partial charge in [-0.1, -0.05) is 6.07 Å². The van der Waals surface area contributed by atoms with Crippen molar-refractivity contribution < 1.29 is 14.9 Å². The lowest BCUT2D eigenvalue weighted by Crippen LogP contribution is -1.92. The molecule has 0 heterocycles. The number of aliphatic imine (C=N–C) groups is 1. The molecule has 0 spiro atoms. The van der Waals surface area contributed by atoms with E-state index in [0.29, 0.717) is 18.7 Å². The predicted molar refractivity (Wildman–Crippen MR) is 58.8 cm³/mol. The van der Waals surface area contributed by atoms with Crippen LogP contribution in [0.3, 0.4) is 0 Å². The fourth-order valence-electron chi connectivity index (χ4n) is 1.16. The first kappa shape index (κ1) is 11.5. The largest absolute Gasteiger partial charge is 0.508 e. The topological polar surface area (TPSA) is 62.0 Å². The third-order valence-corrected chi connectivity index (χ3v) is 1.96. The normalized spacial score (nSPS) is 10.8. The molecular weight excluding hydrogens is 194 g/mol. The van der Waals surface area contributed by atoms with E-state index in [1.165, 1.54) is 0 Å². The van der Waals surface area contributed by atoms with Crippen LogP contribution in [0.4, 0.5) is 0 Å². The van der Waals surface area contributed by atoms with E-state index >= 15 is 0 Å². The maximum absolute atomic E-state index is 9.59. The number of hydrogen-bond acceptors (Lipinski definition) is 4. The molecule has 0 amide bonds. The molecule has 4 nitrogen and oxygen atoms in total. The summed E-state index contributed by atoms with van der Waals surface area (Å²) in [5, 5.41) is 18.1. The van der Waals surface area contributed by atoms with Gasteiger partial charge in [0.05, 0.1) is 20.3 Å². The molecule has 15 heavy (non-hydrogen) atoms. The highest BCUT2D eigenvalue weighted by Crippen LogP contribution is 2.23. The maximum Gasteiger partial charge on any atom is 0.122 e. The third-order valence-electron chi connectivity index (χ3n) is 1.96. The average Bonchev–Trinajstić information content (AvgIpc) is 2.26. The van der Waals surface area contributed by atoms with Gasteiger partial charge in [-0.2, -0.15) is 0 Å². The van der Waals surface area contributed by atoms with Gasteiger partial charge in [0.2, 0.25) is 0 Å². The van der Waals surface area contributed by atoms with Crippen LogP contribution in [-0.4, -0.2) is 36.7 Å². The van der Waals surface area contributed by atoms with Crippen LogP contribution in [0.15, 0.2) is 23.2 Å². The summed E-state index contributed by atoms with van der Waals surface area (Å²) in [6.07, 6.45) is 2.23. The summed E-state index contributed by atoms with van der Waals surface area (Å²) in [5.74, 6) is 0.827. The Morgan fingerprint density at radius 1 is 1.47 bits per heavy atom. The molecule has 0 saturated carbocycles. The lowest BCUT2D eigenvalue weighted by atomic mass is 10.1. The zero-order chi connectivity index (χ0) is 11.1. The van der Waals surface area contributed by atoms with E-state index in [2.05, 4.69) is 4.99 Å². The van der Waals surface area contributed by atoms with Crippen molar-refractivity contribution in [3.63, 3.8) is 0 Å². The number of benzene rings is 1. The lowest BCUT2D eigenvalue weighted by molar-refractivity contribution is 0.307. The number of aromatic hydroxyl groups is 1. The van der Waals surface area contributed by atoms with Crippen LogP contribution < -0.4 is 4.74 Å². The maximum atomic E-state index is 9.59. The molecule has 0 aromatic heterocycles. The van der Waals surface area contributed by atoms with Crippen LogP contribution in [0.1, 0.15) is 5.56 Å². The van der Waals surface area contributed by atoms with Gasteiger partial charge in [0.1, 0.15) is 11.5 Å². The Bertz CT molecular complexity index is 337. The van der Waals surface area contributed by atoms with E-state index in [4.69, 9.17) is 9.84 Å². The van der Waals surface area contributed by atoms with Gasteiger partial charge in [0.25, 0.3) is 0 Å². The molecule has 0 atom stereocenters. The molecule has 0 aliphatic heterocycles. The van der Waals surface area contributed by atoms with Crippen molar-refractivity contribution >= 4 is 6.21 Å². The van der Waals surface area contributed by atoms with E-state index in [-0.39, 0.29) is 12.4 Å². The first-order valence-corrected chi connectivity index (χ1v) is 4.73. The number of aliphatic hydroxyl groups is 1. The highest BCUT2D eigenvalue weighted by Gasteiger charge is 2.00. The highest BCUT2D eigenvalue weighted by molar-refractivity contribution is 5.63. The van der Waals surface area contributed by atoms with E-state index in [9.17, 15) is 5.11 Å². The number of phenols is 1. The molecule has 1 aromatic rings. The summed E-state index contributed by atoms with van der Waals surface area (Å²) in [5.41, 5.74) is 0.789. The van der Waals surface area contributed by atoms with Gasteiger partial charge in [-0.3, -0.25) is 4.99 Å². The van der Waals surface area contributed by atoms with Crippen molar-refractivity contribution in [1.29, 1.82) is 0 Å². The van der Waals surface area contributed by atoms with Gasteiger partial charge in [0, 0.05) is 18.7 Å². The van der Waals surface area contributed by atoms with Gasteiger partial charge in [-0.15, -0.1) is 0 Å². The van der Waals surface area contributed by atoms with Crippen LogP contribution in [0.2, 0.25) is 0 Å². The molecule has 1 aromatic carbocycles. The van der Waals surface area contributed by atoms with Crippen molar-refractivity contribution in [2.75, 3.05) is 20.3 Å². The van der Waals surface area contributed by atoms with Crippen molar-refractivity contribution in [2.45, 2.75) is 6.42 Å². The smallest absolute Gasteiger partial charge is 0.122 e. The summed E-state index contributed by atoms with van der Waals surface area (Å²) in [4.78, 5) is 3.95. The van der Waals surface area contributed by atoms with Crippen LogP contribution in [0, 0.1) is 0 Å². The Labute approximate surface area is 88.9 Å². The number of ether oxygens (including phenoxy) is 1. The van der Waals surface area contributed by atoms with Gasteiger partial charge in [0.15, 0.2) is 0 Å². The number of nitrogens with zero attached hydrogens (tertiary/aromatic N) is 1. The summed E-state index contributed by atoms with van der Waals surface area (Å²) in [6.45, 7) is 0.446. The molecule has 0 fully saturated rings. The molecule has 0 unspecified atom stereocenters. The van der Waals surface area contributed by atoms with Crippen LogP contribution in [-0.2, 0) is 6.42 Å². The molecule has 0 aliphatic carbocycles. The monoisotopic (exact) mass is 209 g/mol. The number of methoxy groups -OCH3 is 1. The summed E-state index contributed by atoms with van der Waals surface area (Å²) < 4.78 is 4.97. The number of rotatable bonds is 5. The molecule has 0 aliphatic rings. The van der Waals surface area contributed by atoms with Gasteiger partial charge < -0.3 is 14.9 Å². The highest BCUT2D eigenvalue weighted by atomic mass is 16.5.